The Morgan fingerprint density at radius 1 is 1.26 bits per heavy atom. The fourth-order valence-electron chi connectivity index (χ4n) is 3.22. The van der Waals surface area contributed by atoms with Gasteiger partial charge in [0.25, 0.3) is 0 Å². The Morgan fingerprint density at radius 3 is 2.63 bits per heavy atom. The van der Waals surface area contributed by atoms with Crippen LogP contribution in [0.15, 0.2) is 0 Å². The number of likely N-dealkylation sites (tertiary alicyclic amines) is 1. The van der Waals surface area contributed by atoms with E-state index in [2.05, 4.69) is 17.1 Å². The molecule has 0 aromatic carbocycles. The van der Waals surface area contributed by atoms with Gasteiger partial charge in [-0.25, -0.2) is 0 Å². The van der Waals surface area contributed by atoms with Gasteiger partial charge < -0.3 is 15.3 Å². The van der Waals surface area contributed by atoms with E-state index in [-0.39, 0.29) is 23.8 Å². The van der Waals surface area contributed by atoms with Crippen molar-refractivity contribution in [3.05, 3.63) is 0 Å². The van der Waals surface area contributed by atoms with Gasteiger partial charge in [-0.05, 0) is 45.2 Å². The van der Waals surface area contributed by atoms with Crippen molar-refractivity contribution in [1.82, 2.24) is 10.2 Å². The molecule has 1 aliphatic heterocycles. The standard InChI is InChI=1S/C14H24N2O3/c1-2-16-7-3-4-12(9-16)15-13(17)10-5-6-11(8-10)14(18)19/h10-12H,2-9H2,1H3,(H,15,17)(H,18,19). The number of hydrogen-bond donors (Lipinski definition) is 2. The van der Waals surface area contributed by atoms with Gasteiger partial charge in [0.05, 0.1) is 5.92 Å². The Labute approximate surface area is 114 Å². The smallest absolute Gasteiger partial charge is 0.306 e. The van der Waals surface area contributed by atoms with Crippen molar-refractivity contribution in [1.29, 1.82) is 0 Å². The Balaban J connectivity index is 1.79. The molecule has 3 unspecified atom stereocenters. The minimum Gasteiger partial charge on any atom is -0.481 e. The van der Waals surface area contributed by atoms with Crippen molar-refractivity contribution in [2.75, 3.05) is 19.6 Å². The van der Waals surface area contributed by atoms with Crippen molar-refractivity contribution < 1.29 is 14.7 Å². The fraction of sp³-hybridized carbons (Fsp3) is 0.857. The van der Waals surface area contributed by atoms with Crippen LogP contribution in [0.4, 0.5) is 0 Å². The molecule has 2 fully saturated rings. The zero-order valence-electron chi connectivity index (χ0n) is 11.6. The minimum absolute atomic E-state index is 0.0618. The van der Waals surface area contributed by atoms with E-state index < -0.39 is 5.97 Å². The highest BCUT2D eigenvalue weighted by molar-refractivity contribution is 5.81. The molecule has 1 saturated heterocycles. The number of carbonyl (C=O) groups is 2. The van der Waals surface area contributed by atoms with E-state index in [0.29, 0.717) is 19.3 Å². The summed E-state index contributed by atoms with van der Waals surface area (Å²) < 4.78 is 0. The van der Waals surface area contributed by atoms with Crippen LogP contribution in [-0.2, 0) is 9.59 Å². The third-order valence-corrected chi connectivity index (χ3v) is 4.45. The first kappa shape index (κ1) is 14.3. The first-order valence-electron chi connectivity index (χ1n) is 7.35. The monoisotopic (exact) mass is 268 g/mol. The van der Waals surface area contributed by atoms with Crippen molar-refractivity contribution >= 4 is 11.9 Å². The predicted molar refractivity (Wildman–Crippen MR) is 71.7 cm³/mol. The Kier molecular flexibility index (Phi) is 4.80. The molecule has 2 rings (SSSR count). The maximum atomic E-state index is 12.2. The van der Waals surface area contributed by atoms with Gasteiger partial charge in [0.1, 0.15) is 0 Å². The van der Waals surface area contributed by atoms with Crippen LogP contribution in [0.5, 0.6) is 0 Å². The van der Waals surface area contributed by atoms with E-state index in [0.717, 1.165) is 32.5 Å². The van der Waals surface area contributed by atoms with E-state index in [9.17, 15) is 9.59 Å². The normalized spacial score (nSPS) is 32.2. The molecule has 0 spiro atoms. The summed E-state index contributed by atoms with van der Waals surface area (Å²) in [5.41, 5.74) is 0. The summed E-state index contributed by atoms with van der Waals surface area (Å²) >= 11 is 0. The second kappa shape index (κ2) is 6.37. The molecular weight excluding hydrogens is 244 g/mol. The molecule has 0 aromatic heterocycles. The fourth-order valence-corrected chi connectivity index (χ4v) is 3.22. The zero-order chi connectivity index (χ0) is 13.8. The van der Waals surface area contributed by atoms with Crippen molar-refractivity contribution in [3.63, 3.8) is 0 Å². The van der Waals surface area contributed by atoms with E-state index in [4.69, 9.17) is 5.11 Å². The van der Waals surface area contributed by atoms with Crippen LogP contribution in [0.1, 0.15) is 39.0 Å². The van der Waals surface area contributed by atoms with Crippen LogP contribution in [-0.4, -0.2) is 47.6 Å². The van der Waals surface area contributed by atoms with Gasteiger partial charge in [-0.15, -0.1) is 0 Å². The van der Waals surface area contributed by atoms with Crippen LogP contribution in [0.25, 0.3) is 0 Å². The number of hydrogen-bond acceptors (Lipinski definition) is 3. The van der Waals surface area contributed by atoms with E-state index in [1.54, 1.807) is 0 Å². The van der Waals surface area contributed by atoms with Crippen LogP contribution >= 0.6 is 0 Å². The molecule has 2 aliphatic rings. The summed E-state index contributed by atoms with van der Waals surface area (Å²) in [6.45, 7) is 5.21. The van der Waals surface area contributed by atoms with Gasteiger partial charge in [-0.1, -0.05) is 6.92 Å². The molecule has 0 aromatic rings. The molecule has 2 N–H and O–H groups in total. The lowest BCUT2D eigenvalue weighted by atomic mass is 10.0. The number of carbonyl (C=O) groups excluding carboxylic acids is 1. The number of carboxylic acid groups (broad SMARTS) is 1. The summed E-state index contributed by atoms with van der Waals surface area (Å²) in [4.78, 5) is 25.4. The molecule has 0 bridgehead atoms. The number of amides is 1. The van der Waals surface area contributed by atoms with Crippen molar-refractivity contribution in [2.45, 2.75) is 45.1 Å². The van der Waals surface area contributed by atoms with Gasteiger partial charge in [0, 0.05) is 18.5 Å². The quantitative estimate of drug-likeness (QED) is 0.800. The van der Waals surface area contributed by atoms with Crippen molar-refractivity contribution in [2.24, 2.45) is 11.8 Å². The van der Waals surface area contributed by atoms with Gasteiger partial charge in [0.2, 0.25) is 5.91 Å². The topological polar surface area (TPSA) is 69.6 Å². The summed E-state index contributed by atoms with van der Waals surface area (Å²) in [5, 5.41) is 12.1. The summed E-state index contributed by atoms with van der Waals surface area (Å²) in [5.74, 6) is -1.12. The second-order valence-electron chi connectivity index (χ2n) is 5.79. The lowest BCUT2D eigenvalue weighted by Gasteiger charge is -2.32. The number of nitrogens with one attached hydrogen (secondary N) is 1. The van der Waals surface area contributed by atoms with Gasteiger partial charge >= 0.3 is 5.97 Å². The van der Waals surface area contributed by atoms with E-state index in [1.807, 2.05) is 0 Å². The largest absolute Gasteiger partial charge is 0.481 e. The Hall–Kier alpha value is -1.10. The van der Waals surface area contributed by atoms with E-state index >= 15 is 0 Å². The lowest BCUT2D eigenvalue weighted by molar-refractivity contribution is -0.141. The van der Waals surface area contributed by atoms with Crippen LogP contribution in [0, 0.1) is 11.8 Å². The Morgan fingerprint density at radius 2 is 2.00 bits per heavy atom. The molecule has 5 nitrogen and oxygen atoms in total. The molecule has 1 saturated carbocycles. The number of rotatable bonds is 4. The zero-order valence-corrected chi connectivity index (χ0v) is 11.6. The summed E-state index contributed by atoms with van der Waals surface area (Å²) in [7, 11) is 0. The summed E-state index contributed by atoms with van der Waals surface area (Å²) in [6.07, 6.45) is 4.02. The third kappa shape index (κ3) is 3.69. The number of carboxylic acids is 1. The average Bonchev–Trinajstić information content (AvgIpc) is 2.89. The molecule has 1 aliphatic carbocycles. The van der Waals surface area contributed by atoms with Crippen LogP contribution < -0.4 is 5.32 Å². The number of piperidine rings is 1. The highest BCUT2D eigenvalue weighted by Crippen LogP contribution is 2.31. The maximum Gasteiger partial charge on any atom is 0.306 e. The second-order valence-corrected chi connectivity index (χ2v) is 5.79. The van der Waals surface area contributed by atoms with Gasteiger partial charge in [-0.3, -0.25) is 9.59 Å². The highest BCUT2D eigenvalue weighted by atomic mass is 16.4. The number of aliphatic carboxylic acids is 1. The molecule has 3 atom stereocenters. The molecule has 0 radical (unpaired) electrons. The minimum atomic E-state index is -0.759. The first-order chi connectivity index (χ1) is 9.10. The molecule has 19 heavy (non-hydrogen) atoms. The average molecular weight is 268 g/mol. The first-order valence-corrected chi connectivity index (χ1v) is 7.35. The van der Waals surface area contributed by atoms with Crippen LogP contribution in [0.3, 0.4) is 0 Å². The maximum absolute atomic E-state index is 12.2. The molecule has 1 amide bonds. The van der Waals surface area contributed by atoms with Gasteiger partial charge in [0.15, 0.2) is 0 Å². The lowest BCUT2D eigenvalue weighted by Crippen LogP contribution is -2.48. The molecule has 108 valence electrons. The summed E-state index contributed by atoms with van der Waals surface area (Å²) in [6, 6.07) is 0.241. The number of nitrogens with zero attached hydrogens (tertiary/aromatic N) is 1. The predicted octanol–water partition coefficient (Wildman–Crippen LogP) is 1.09. The van der Waals surface area contributed by atoms with Gasteiger partial charge in [-0.2, -0.15) is 0 Å². The molecule has 5 heteroatoms. The number of likely N-dealkylation sites (N-methyl/N-ethyl adjacent to an activating group) is 1. The highest BCUT2D eigenvalue weighted by Gasteiger charge is 2.34. The van der Waals surface area contributed by atoms with E-state index in [1.165, 1.54) is 0 Å². The molecule has 1 heterocycles. The van der Waals surface area contributed by atoms with Crippen LogP contribution in [0.2, 0.25) is 0 Å². The Bertz CT molecular complexity index is 346. The third-order valence-electron chi connectivity index (χ3n) is 4.45. The van der Waals surface area contributed by atoms with Crippen molar-refractivity contribution in [3.8, 4) is 0 Å². The SMILES string of the molecule is CCN1CCCC(NC(=O)C2CCC(C(=O)O)C2)C1. The molecular formula is C14H24N2O3.